The third-order valence-corrected chi connectivity index (χ3v) is 4.73. The molecule has 0 radical (unpaired) electrons. The molecule has 2 aliphatic rings. The van der Waals surface area contributed by atoms with Gasteiger partial charge in [0.1, 0.15) is 12.1 Å². The Morgan fingerprint density at radius 3 is 2.94 bits per heavy atom. The molecule has 0 amide bonds. The molecule has 4 heteroatoms. The Morgan fingerprint density at radius 1 is 1.31 bits per heavy atom. The fourth-order valence-corrected chi connectivity index (χ4v) is 3.90. The molecule has 0 aliphatic carbocycles. The maximum Gasteiger partial charge on any atom is 0.132 e. The Hall–Kier alpha value is -0.480. The monoisotopic (exact) mass is 238 g/mol. The normalized spacial score (nSPS) is 26.7. The summed E-state index contributed by atoms with van der Waals surface area (Å²) in [5, 5.41) is 10.1. The lowest BCUT2D eigenvalue weighted by atomic mass is 10.0. The van der Waals surface area contributed by atoms with Crippen LogP contribution in [0.2, 0.25) is 0 Å². The van der Waals surface area contributed by atoms with Gasteiger partial charge in [-0.15, -0.1) is 0 Å². The van der Waals surface area contributed by atoms with Gasteiger partial charge in [0, 0.05) is 17.8 Å². The SMILES string of the molecule is OC1CCCc2cnc(C3CCSCC3)n21. The van der Waals surface area contributed by atoms with Gasteiger partial charge in [0.05, 0.1) is 0 Å². The molecular formula is C12H18N2OS. The van der Waals surface area contributed by atoms with E-state index in [9.17, 15) is 5.11 Å². The summed E-state index contributed by atoms with van der Waals surface area (Å²) in [6, 6.07) is 0. The van der Waals surface area contributed by atoms with Gasteiger partial charge >= 0.3 is 0 Å². The van der Waals surface area contributed by atoms with Crippen LogP contribution in [0.15, 0.2) is 6.20 Å². The van der Waals surface area contributed by atoms with Crippen molar-refractivity contribution in [3.63, 3.8) is 0 Å². The second-order valence-corrected chi connectivity index (χ2v) is 5.96. The maximum atomic E-state index is 10.1. The highest BCUT2D eigenvalue weighted by molar-refractivity contribution is 7.99. The van der Waals surface area contributed by atoms with Gasteiger partial charge in [-0.1, -0.05) is 0 Å². The zero-order chi connectivity index (χ0) is 11.0. The first-order valence-electron chi connectivity index (χ1n) is 6.18. The highest BCUT2D eigenvalue weighted by Crippen LogP contribution is 2.34. The number of aliphatic hydroxyl groups is 1. The van der Waals surface area contributed by atoms with Crippen molar-refractivity contribution in [3.05, 3.63) is 17.7 Å². The minimum atomic E-state index is -0.323. The zero-order valence-corrected chi connectivity index (χ0v) is 10.2. The minimum absolute atomic E-state index is 0.323. The Kier molecular flexibility index (Phi) is 2.94. The average molecular weight is 238 g/mol. The quantitative estimate of drug-likeness (QED) is 0.816. The van der Waals surface area contributed by atoms with Crippen molar-refractivity contribution in [2.45, 2.75) is 44.2 Å². The number of rotatable bonds is 1. The first-order valence-corrected chi connectivity index (χ1v) is 7.33. The van der Waals surface area contributed by atoms with Crippen molar-refractivity contribution >= 4 is 11.8 Å². The highest BCUT2D eigenvalue weighted by Gasteiger charge is 2.26. The number of aliphatic hydroxyl groups excluding tert-OH is 1. The molecule has 1 aromatic rings. The van der Waals surface area contributed by atoms with Crippen LogP contribution in [0.4, 0.5) is 0 Å². The van der Waals surface area contributed by atoms with E-state index >= 15 is 0 Å². The highest BCUT2D eigenvalue weighted by atomic mass is 32.2. The summed E-state index contributed by atoms with van der Waals surface area (Å²) in [7, 11) is 0. The summed E-state index contributed by atoms with van der Waals surface area (Å²) in [6.07, 6.45) is 7.13. The number of aryl methyl sites for hydroxylation is 1. The van der Waals surface area contributed by atoms with Crippen LogP contribution < -0.4 is 0 Å². The van der Waals surface area contributed by atoms with E-state index in [1.807, 2.05) is 18.0 Å². The van der Waals surface area contributed by atoms with Crippen molar-refractivity contribution in [1.29, 1.82) is 0 Å². The van der Waals surface area contributed by atoms with Crippen LogP contribution >= 0.6 is 11.8 Å². The van der Waals surface area contributed by atoms with Crippen molar-refractivity contribution in [1.82, 2.24) is 9.55 Å². The lowest BCUT2D eigenvalue weighted by Gasteiger charge is -2.27. The average Bonchev–Trinajstić information content (AvgIpc) is 2.75. The van der Waals surface area contributed by atoms with E-state index in [4.69, 9.17) is 0 Å². The molecule has 1 saturated heterocycles. The molecule has 3 rings (SSSR count). The Balaban J connectivity index is 1.91. The number of nitrogens with zero attached hydrogens (tertiary/aromatic N) is 2. The number of imidazole rings is 1. The van der Waals surface area contributed by atoms with E-state index in [1.165, 1.54) is 30.0 Å². The molecule has 2 aliphatic heterocycles. The van der Waals surface area contributed by atoms with Crippen LogP contribution in [-0.2, 0) is 6.42 Å². The first-order chi connectivity index (χ1) is 7.86. The van der Waals surface area contributed by atoms with Crippen LogP contribution in [0.5, 0.6) is 0 Å². The predicted molar refractivity (Wildman–Crippen MR) is 65.7 cm³/mol. The largest absolute Gasteiger partial charge is 0.373 e. The molecule has 0 spiro atoms. The van der Waals surface area contributed by atoms with Gasteiger partial charge < -0.3 is 9.67 Å². The van der Waals surface area contributed by atoms with Crippen molar-refractivity contribution in [3.8, 4) is 0 Å². The topological polar surface area (TPSA) is 38.1 Å². The van der Waals surface area contributed by atoms with E-state index in [2.05, 4.69) is 9.55 Å². The smallest absolute Gasteiger partial charge is 0.132 e. The number of aromatic nitrogens is 2. The Labute approximate surface area is 100 Å². The molecule has 0 aromatic carbocycles. The summed E-state index contributed by atoms with van der Waals surface area (Å²) >= 11 is 2.03. The van der Waals surface area contributed by atoms with Gasteiger partial charge in [0.15, 0.2) is 0 Å². The molecule has 0 saturated carbocycles. The minimum Gasteiger partial charge on any atom is -0.373 e. The third-order valence-electron chi connectivity index (χ3n) is 3.68. The van der Waals surface area contributed by atoms with E-state index < -0.39 is 0 Å². The fraction of sp³-hybridized carbons (Fsp3) is 0.750. The number of hydrogen-bond acceptors (Lipinski definition) is 3. The standard InChI is InChI=1S/C12H18N2OS/c15-11-3-1-2-10-8-13-12(14(10)11)9-4-6-16-7-5-9/h8-9,11,15H,1-7H2. The molecule has 1 fully saturated rings. The molecular weight excluding hydrogens is 220 g/mol. The van der Waals surface area contributed by atoms with Crippen LogP contribution in [0, 0.1) is 0 Å². The van der Waals surface area contributed by atoms with Crippen LogP contribution in [-0.4, -0.2) is 26.2 Å². The molecule has 3 heterocycles. The van der Waals surface area contributed by atoms with Gasteiger partial charge in [-0.2, -0.15) is 11.8 Å². The molecule has 0 bridgehead atoms. The molecule has 1 aromatic heterocycles. The molecule has 88 valence electrons. The lowest BCUT2D eigenvalue weighted by molar-refractivity contribution is 0.0743. The van der Waals surface area contributed by atoms with Gasteiger partial charge in [-0.25, -0.2) is 4.98 Å². The van der Waals surface area contributed by atoms with Gasteiger partial charge in [0.25, 0.3) is 0 Å². The second kappa shape index (κ2) is 4.41. The van der Waals surface area contributed by atoms with Gasteiger partial charge in [0.2, 0.25) is 0 Å². The molecule has 1 N–H and O–H groups in total. The fourth-order valence-electron chi connectivity index (χ4n) is 2.79. The maximum absolute atomic E-state index is 10.1. The van der Waals surface area contributed by atoms with Crippen LogP contribution in [0.3, 0.4) is 0 Å². The number of fused-ring (bicyclic) bond motifs is 1. The lowest BCUT2D eigenvalue weighted by Crippen LogP contribution is -2.22. The zero-order valence-electron chi connectivity index (χ0n) is 9.43. The summed E-state index contributed by atoms with van der Waals surface area (Å²) < 4.78 is 2.10. The van der Waals surface area contributed by atoms with Gasteiger partial charge in [-0.05, 0) is 43.6 Å². The molecule has 1 unspecified atom stereocenters. The Bertz CT molecular complexity index is 371. The van der Waals surface area contributed by atoms with Gasteiger partial charge in [-0.3, -0.25) is 0 Å². The van der Waals surface area contributed by atoms with E-state index in [-0.39, 0.29) is 6.23 Å². The summed E-state index contributed by atoms with van der Waals surface area (Å²) in [4.78, 5) is 4.57. The molecule has 1 atom stereocenters. The predicted octanol–water partition coefficient (Wildman–Crippen LogP) is 2.32. The summed E-state index contributed by atoms with van der Waals surface area (Å²) in [5.41, 5.74) is 1.23. The van der Waals surface area contributed by atoms with Crippen LogP contribution in [0.25, 0.3) is 0 Å². The van der Waals surface area contributed by atoms with E-state index in [1.54, 1.807) is 0 Å². The number of hydrogen-bond donors (Lipinski definition) is 1. The van der Waals surface area contributed by atoms with Crippen LogP contribution in [0.1, 0.15) is 49.3 Å². The van der Waals surface area contributed by atoms with Crippen molar-refractivity contribution in [2.75, 3.05) is 11.5 Å². The summed E-state index contributed by atoms with van der Waals surface area (Å²) in [5.74, 6) is 4.19. The van der Waals surface area contributed by atoms with E-state index in [0.717, 1.165) is 25.1 Å². The van der Waals surface area contributed by atoms with Crippen molar-refractivity contribution in [2.24, 2.45) is 0 Å². The number of thioether (sulfide) groups is 1. The molecule has 16 heavy (non-hydrogen) atoms. The molecule has 3 nitrogen and oxygen atoms in total. The summed E-state index contributed by atoms with van der Waals surface area (Å²) in [6.45, 7) is 0. The first kappa shape index (κ1) is 10.7. The Morgan fingerprint density at radius 2 is 2.12 bits per heavy atom. The van der Waals surface area contributed by atoms with Crippen molar-refractivity contribution < 1.29 is 5.11 Å². The third kappa shape index (κ3) is 1.78. The van der Waals surface area contributed by atoms with E-state index in [0.29, 0.717) is 5.92 Å². The second-order valence-electron chi connectivity index (χ2n) is 4.74.